The molecule has 0 aliphatic carbocycles. The van der Waals surface area contributed by atoms with Crippen LogP contribution < -0.4 is 16.6 Å². The van der Waals surface area contributed by atoms with Gasteiger partial charge in [-0.2, -0.15) is 0 Å². The molecule has 4 rings (SSSR count). The lowest BCUT2D eigenvalue weighted by Crippen LogP contribution is -2.43. The molecule has 1 amide bonds. The van der Waals surface area contributed by atoms with E-state index in [-0.39, 0.29) is 17.5 Å². The predicted octanol–water partition coefficient (Wildman–Crippen LogP) is 0.609. The average Bonchev–Trinajstić information content (AvgIpc) is 3.11. The number of aromatic amines is 1. The zero-order valence-electron chi connectivity index (χ0n) is 15.3. The van der Waals surface area contributed by atoms with E-state index in [0.717, 1.165) is 22.9 Å². The largest absolute Gasteiger partial charge is 0.379 e. The molecule has 2 N–H and O–H groups in total. The summed E-state index contributed by atoms with van der Waals surface area (Å²) in [5, 5.41) is 3.97. The lowest BCUT2D eigenvalue weighted by atomic mass is 9.93. The molecule has 1 saturated heterocycles. The second-order valence-corrected chi connectivity index (χ2v) is 6.98. The molecule has 8 nitrogen and oxygen atoms in total. The Morgan fingerprint density at radius 1 is 1.29 bits per heavy atom. The summed E-state index contributed by atoms with van der Waals surface area (Å²) in [6, 6.07) is 9.68. The second-order valence-electron chi connectivity index (χ2n) is 6.98. The van der Waals surface area contributed by atoms with Gasteiger partial charge in [0.05, 0.1) is 24.8 Å². The molecule has 0 bridgehead atoms. The molecule has 0 radical (unpaired) electrons. The molecule has 1 aliphatic rings. The summed E-state index contributed by atoms with van der Waals surface area (Å²) in [6.07, 6.45) is 3.75. The first-order valence-electron chi connectivity index (χ1n) is 9.04. The van der Waals surface area contributed by atoms with E-state index in [9.17, 15) is 14.4 Å². The first kappa shape index (κ1) is 18.1. The summed E-state index contributed by atoms with van der Waals surface area (Å²) in [7, 11) is 1.48. The number of nitrogens with one attached hydrogen (secondary N) is 2. The molecule has 3 aromatic rings. The fourth-order valence-corrected chi connectivity index (χ4v) is 3.55. The molecule has 8 heteroatoms. The van der Waals surface area contributed by atoms with Gasteiger partial charge in [0, 0.05) is 30.7 Å². The highest BCUT2D eigenvalue weighted by atomic mass is 16.5. The van der Waals surface area contributed by atoms with E-state index in [1.54, 1.807) is 6.20 Å². The standard InChI is InChI=1S/C20H20N4O4/c1-24-9-15(19(26)23-20(24)27)18(25)22-17-11-28-10-13(17)8-12-6-7-21-16-5-3-2-4-14(12)16/h2-7,9,13,17H,8,10-11H2,1H3,(H,22,25)(H,23,26,27)/t13-,17-/m1/s1. The van der Waals surface area contributed by atoms with Crippen LogP contribution in [0, 0.1) is 5.92 Å². The minimum absolute atomic E-state index is 0.0707. The Morgan fingerprint density at radius 2 is 2.11 bits per heavy atom. The lowest BCUT2D eigenvalue weighted by molar-refractivity contribution is 0.0922. The summed E-state index contributed by atoms with van der Waals surface area (Å²) in [5.74, 6) is -0.446. The van der Waals surface area contributed by atoms with Crippen LogP contribution in [-0.2, 0) is 18.2 Å². The third-order valence-electron chi connectivity index (χ3n) is 5.09. The first-order valence-corrected chi connectivity index (χ1v) is 9.04. The van der Waals surface area contributed by atoms with Gasteiger partial charge in [-0.3, -0.25) is 19.6 Å². The molecule has 0 saturated carbocycles. The van der Waals surface area contributed by atoms with Crippen LogP contribution in [0.5, 0.6) is 0 Å². The molecule has 2 atom stereocenters. The third-order valence-corrected chi connectivity index (χ3v) is 5.09. The van der Waals surface area contributed by atoms with E-state index < -0.39 is 17.2 Å². The minimum Gasteiger partial charge on any atom is -0.379 e. The molecule has 144 valence electrons. The van der Waals surface area contributed by atoms with Crippen molar-refractivity contribution in [2.45, 2.75) is 12.5 Å². The van der Waals surface area contributed by atoms with Gasteiger partial charge >= 0.3 is 5.69 Å². The number of hydrogen-bond donors (Lipinski definition) is 2. The van der Waals surface area contributed by atoms with E-state index in [1.165, 1.54) is 17.8 Å². The van der Waals surface area contributed by atoms with Gasteiger partial charge in [0.1, 0.15) is 5.56 Å². The molecule has 1 aromatic carbocycles. The Bertz CT molecular complexity index is 1150. The molecule has 0 spiro atoms. The molecule has 1 fully saturated rings. The SMILES string of the molecule is Cn1cc(C(=O)N[C@@H]2COC[C@H]2Cc2ccnc3ccccc23)c(=O)[nH]c1=O. The van der Waals surface area contributed by atoms with Crippen molar-refractivity contribution in [2.75, 3.05) is 13.2 Å². The number of carbonyl (C=O) groups excluding carboxylic acids is 1. The van der Waals surface area contributed by atoms with E-state index in [0.29, 0.717) is 13.2 Å². The number of pyridine rings is 1. The van der Waals surface area contributed by atoms with Crippen molar-refractivity contribution in [3.8, 4) is 0 Å². The van der Waals surface area contributed by atoms with Crippen LogP contribution >= 0.6 is 0 Å². The Morgan fingerprint density at radius 3 is 2.96 bits per heavy atom. The molecule has 0 unspecified atom stereocenters. The van der Waals surface area contributed by atoms with Crippen LogP contribution in [0.25, 0.3) is 10.9 Å². The summed E-state index contributed by atoms with van der Waals surface area (Å²) >= 11 is 0. The van der Waals surface area contributed by atoms with Crippen LogP contribution in [0.15, 0.2) is 52.3 Å². The number of rotatable bonds is 4. The zero-order chi connectivity index (χ0) is 19.7. The summed E-state index contributed by atoms with van der Waals surface area (Å²) in [5.41, 5.74) is 0.711. The highest BCUT2D eigenvalue weighted by molar-refractivity contribution is 5.93. The van der Waals surface area contributed by atoms with Crippen molar-refractivity contribution in [1.29, 1.82) is 0 Å². The number of fused-ring (bicyclic) bond motifs is 1. The number of amides is 1. The van der Waals surface area contributed by atoms with Crippen LogP contribution in [0.2, 0.25) is 0 Å². The maximum atomic E-state index is 12.6. The average molecular weight is 380 g/mol. The van der Waals surface area contributed by atoms with E-state index in [2.05, 4.69) is 15.3 Å². The van der Waals surface area contributed by atoms with Crippen molar-refractivity contribution in [2.24, 2.45) is 13.0 Å². The molecule has 1 aliphatic heterocycles. The molecule has 2 aromatic heterocycles. The number of para-hydroxylation sites is 1. The normalized spacial score (nSPS) is 19.0. The number of hydrogen-bond acceptors (Lipinski definition) is 5. The number of benzene rings is 1. The van der Waals surface area contributed by atoms with Gasteiger partial charge in [0.2, 0.25) is 0 Å². The Labute approximate surface area is 160 Å². The maximum absolute atomic E-state index is 12.6. The Hall–Kier alpha value is -3.26. The number of ether oxygens (including phenoxy) is 1. The Balaban J connectivity index is 1.54. The van der Waals surface area contributed by atoms with Crippen molar-refractivity contribution in [3.05, 3.63) is 74.7 Å². The highest BCUT2D eigenvalue weighted by Gasteiger charge is 2.31. The van der Waals surface area contributed by atoms with Gasteiger partial charge in [0.15, 0.2) is 0 Å². The van der Waals surface area contributed by atoms with Crippen LogP contribution in [0.1, 0.15) is 15.9 Å². The van der Waals surface area contributed by atoms with Gasteiger partial charge in [-0.1, -0.05) is 18.2 Å². The number of aryl methyl sites for hydroxylation is 1. The maximum Gasteiger partial charge on any atom is 0.328 e. The third kappa shape index (κ3) is 3.46. The first-order chi connectivity index (χ1) is 13.5. The van der Waals surface area contributed by atoms with Gasteiger partial charge in [0.25, 0.3) is 11.5 Å². The fraction of sp³-hybridized carbons (Fsp3) is 0.300. The summed E-state index contributed by atoms with van der Waals surface area (Å²) in [6.45, 7) is 0.897. The minimum atomic E-state index is -0.698. The number of H-pyrrole nitrogens is 1. The van der Waals surface area contributed by atoms with Crippen molar-refractivity contribution >= 4 is 16.8 Å². The van der Waals surface area contributed by atoms with Crippen molar-refractivity contribution in [1.82, 2.24) is 19.9 Å². The van der Waals surface area contributed by atoms with Crippen LogP contribution in [0.3, 0.4) is 0 Å². The fourth-order valence-electron chi connectivity index (χ4n) is 3.55. The Kier molecular flexibility index (Phi) is 4.79. The van der Waals surface area contributed by atoms with E-state index >= 15 is 0 Å². The van der Waals surface area contributed by atoms with Gasteiger partial charge in [-0.15, -0.1) is 0 Å². The molecular formula is C20H20N4O4. The van der Waals surface area contributed by atoms with Gasteiger partial charge in [-0.25, -0.2) is 4.79 Å². The lowest BCUT2D eigenvalue weighted by Gasteiger charge is -2.19. The zero-order valence-corrected chi connectivity index (χ0v) is 15.3. The molecule has 3 heterocycles. The van der Waals surface area contributed by atoms with Crippen molar-refractivity contribution in [3.63, 3.8) is 0 Å². The smallest absolute Gasteiger partial charge is 0.328 e. The number of nitrogens with zero attached hydrogens (tertiary/aromatic N) is 2. The molecule has 28 heavy (non-hydrogen) atoms. The molecular weight excluding hydrogens is 360 g/mol. The summed E-state index contributed by atoms with van der Waals surface area (Å²) < 4.78 is 6.76. The monoisotopic (exact) mass is 380 g/mol. The topological polar surface area (TPSA) is 106 Å². The van der Waals surface area contributed by atoms with Gasteiger partial charge < -0.3 is 14.6 Å². The van der Waals surface area contributed by atoms with Crippen LogP contribution in [0.4, 0.5) is 0 Å². The highest BCUT2D eigenvalue weighted by Crippen LogP contribution is 2.24. The van der Waals surface area contributed by atoms with E-state index in [4.69, 9.17) is 4.74 Å². The number of aromatic nitrogens is 3. The van der Waals surface area contributed by atoms with E-state index in [1.807, 2.05) is 30.3 Å². The number of carbonyl (C=O) groups is 1. The predicted molar refractivity (Wildman–Crippen MR) is 103 cm³/mol. The van der Waals surface area contributed by atoms with Crippen molar-refractivity contribution < 1.29 is 9.53 Å². The van der Waals surface area contributed by atoms with Gasteiger partial charge in [-0.05, 0) is 24.1 Å². The van der Waals surface area contributed by atoms with Crippen LogP contribution in [-0.4, -0.2) is 39.7 Å². The second kappa shape index (κ2) is 7.40. The quantitative estimate of drug-likeness (QED) is 0.690. The summed E-state index contributed by atoms with van der Waals surface area (Å²) in [4.78, 5) is 42.5.